The highest BCUT2D eigenvalue weighted by Gasteiger charge is 2.37. The maximum Gasteiger partial charge on any atom is 0.336 e. The van der Waals surface area contributed by atoms with Gasteiger partial charge >= 0.3 is 11.7 Å². The molecule has 1 aromatic carbocycles. The van der Waals surface area contributed by atoms with Gasteiger partial charge in [-0.25, -0.2) is 9.59 Å². The number of carbonyl (C=O) groups is 1. The molecule has 2 heterocycles. The maximum absolute atomic E-state index is 13.2. The summed E-state index contributed by atoms with van der Waals surface area (Å²) in [6.07, 6.45) is 0. The largest absolute Gasteiger partial charge is 0.497 e. The molecule has 1 aliphatic rings. The van der Waals surface area contributed by atoms with Crippen molar-refractivity contribution in [3.63, 3.8) is 0 Å². The normalized spacial score (nSPS) is 15.6. The van der Waals surface area contributed by atoms with Crippen LogP contribution < -0.4 is 21.3 Å². The number of hydrogen-bond acceptors (Lipinski definition) is 6. The predicted octanol–water partition coefficient (Wildman–Crippen LogP) is 2.12. The molecular weight excluding hydrogens is 386 g/mol. The van der Waals surface area contributed by atoms with Gasteiger partial charge in [-0.1, -0.05) is 26.0 Å². The van der Waals surface area contributed by atoms with Crippen LogP contribution >= 0.6 is 0 Å². The highest BCUT2D eigenvalue weighted by molar-refractivity contribution is 5.94. The molecule has 0 radical (unpaired) electrons. The molecule has 1 aliphatic heterocycles. The molecule has 8 nitrogen and oxygen atoms in total. The Labute approximate surface area is 174 Å². The fourth-order valence-electron chi connectivity index (χ4n) is 3.63. The Morgan fingerprint density at radius 3 is 2.53 bits per heavy atom. The molecule has 0 fully saturated rings. The quantitative estimate of drug-likeness (QED) is 0.755. The minimum absolute atomic E-state index is 0.169. The molecule has 1 aromatic heterocycles. The SMILES string of the molecule is COc1cccc([C@H]2C(C(=O)OCC(C)C)=C(C)Nc3c2c(=O)n(C)c(=O)n3C)c1. The average Bonchev–Trinajstić information content (AvgIpc) is 2.73. The van der Waals surface area contributed by atoms with E-state index in [9.17, 15) is 14.4 Å². The summed E-state index contributed by atoms with van der Waals surface area (Å²) < 4.78 is 13.3. The van der Waals surface area contributed by atoms with E-state index in [1.807, 2.05) is 19.9 Å². The first kappa shape index (κ1) is 21.4. The van der Waals surface area contributed by atoms with Crippen LogP contribution in [0.5, 0.6) is 5.75 Å². The molecule has 0 saturated heterocycles. The fourth-order valence-corrected chi connectivity index (χ4v) is 3.63. The molecule has 0 bridgehead atoms. The monoisotopic (exact) mass is 413 g/mol. The molecule has 0 aliphatic carbocycles. The minimum atomic E-state index is -0.707. The summed E-state index contributed by atoms with van der Waals surface area (Å²) in [7, 11) is 4.57. The molecule has 160 valence electrons. The minimum Gasteiger partial charge on any atom is -0.497 e. The van der Waals surface area contributed by atoms with Crippen molar-refractivity contribution in [1.82, 2.24) is 9.13 Å². The van der Waals surface area contributed by atoms with E-state index in [2.05, 4.69) is 5.32 Å². The number of carbonyl (C=O) groups excluding carboxylic acids is 1. The topological polar surface area (TPSA) is 91.6 Å². The molecule has 8 heteroatoms. The highest BCUT2D eigenvalue weighted by atomic mass is 16.5. The maximum atomic E-state index is 13.2. The molecule has 2 aromatic rings. The third-order valence-electron chi connectivity index (χ3n) is 5.18. The fraction of sp³-hybridized carbons (Fsp3) is 0.409. The van der Waals surface area contributed by atoms with E-state index in [0.717, 1.165) is 4.57 Å². The van der Waals surface area contributed by atoms with Crippen LogP contribution in [-0.4, -0.2) is 28.8 Å². The summed E-state index contributed by atoms with van der Waals surface area (Å²) in [5.41, 5.74) is 0.975. The van der Waals surface area contributed by atoms with Crippen molar-refractivity contribution in [1.29, 1.82) is 0 Å². The highest BCUT2D eigenvalue weighted by Crippen LogP contribution is 2.40. The van der Waals surface area contributed by atoms with Gasteiger partial charge in [-0.3, -0.25) is 13.9 Å². The number of hydrogen-bond donors (Lipinski definition) is 1. The van der Waals surface area contributed by atoms with E-state index in [0.29, 0.717) is 34.0 Å². The smallest absolute Gasteiger partial charge is 0.336 e. The van der Waals surface area contributed by atoms with Gasteiger partial charge in [0.1, 0.15) is 11.6 Å². The number of ether oxygens (including phenoxy) is 2. The Kier molecular flexibility index (Phi) is 5.87. The number of esters is 1. The summed E-state index contributed by atoms with van der Waals surface area (Å²) in [4.78, 5) is 38.7. The number of rotatable bonds is 5. The molecule has 30 heavy (non-hydrogen) atoms. The number of fused-ring (bicyclic) bond motifs is 1. The van der Waals surface area contributed by atoms with Gasteiger partial charge in [-0.05, 0) is 30.5 Å². The van der Waals surface area contributed by atoms with Crippen LogP contribution in [-0.2, 0) is 23.6 Å². The van der Waals surface area contributed by atoms with E-state index in [4.69, 9.17) is 9.47 Å². The number of benzene rings is 1. The van der Waals surface area contributed by atoms with Crippen molar-refractivity contribution in [2.24, 2.45) is 20.0 Å². The van der Waals surface area contributed by atoms with E-state index in [1.54, 1.807) is 39.3 Å². The molecule has 1 N–H and O–H groups in total. The van der Waals surface area contributed by atoms with Crippen LogP contribution in [0, 0.1) is 5.92 Å². The van der Waals surface area contributed by atoms with Gasteiger partial charge in [-0.15, -0.1) is 0 Å². The number of aromatic nitrogens is 2. The third kappa shape index (κ3) is 3.65. The second-order valence-electron chi connectivity index (χ2n) is 7.83. The van der Waals surface area contributed by atoms with Crippen molar-refractivity contribution < 1.29 is 14.3 Å². The number of nitrogens with one attached hydrogen (secondary N) is 1. The summed E-state index contributed by atoms with van der Waals surface area (Å²) in [5, 5.41) is 3.08. The lowest BCUT2D eigenvalue weighted by atomic mass is 9.82. The number of nitrogens with zero attached hydrogens (tertiary/aromatic N) is 2. The lowest BCUT2D eigenvalue weighted by Gasteiger charge is -2.31. The zero-order valence-electron chi connectivity index (χ0n) is 18.1. The molecule has 3 rings (SSSR count). The Bertz CT molecular complexity index is 1140. The van der Waals surface area contributed by atoms with Gasteiger partial charge in [0.15, 0.2) is 0 Å². The average molecular weight is 413 g/mol. The van der Waals surface area contributed by atoms with Gasteiger partial charge in [0.2, 0.25) is 0 Å². The van der Waals surface area contributed by atoms with Gasteiger partial charge in [0, 0.05) is 19.8 Å². The van der Waals surface area contributed by atoms with E-state index in [1.165, 1.54) is 11.6 Å². The first-order valence-electron chi connectivity index (χ1n) is 9.76. The Morgan fingerprint density at radius 1 is 1.20 bits per heavy atom. The van der Waals surface area contributed by atoms with Crippen molar-refractivity contribution in [2.45, 2.75) is 26.7 Å². The Hall–Kier alpha value is -3.29. The number of methoxy groups -OCH3 is 1. The van der Waals surface area contributed by atoms with Crippen LogP contribution in [0.2, 0.25) is 0 Å². The predicted molar refractivity (Wildman–Crippen MR) is 114 cm³/mol. The van der Waals surface area contributed by atoms with Crippen molar-refractivity contribution in [3.8, 4) is 5.75 Å². The number of allylic oxidation sites excluding steroid dienone is 1. The standard InChI is InChI=1S/C22H27N3O5/c1-12(2)11-30-21(27)16-13(3)23-19-18(20(26)25(5)22(28)24(19)4)17(16)14-8-7-9-15(10-14)29-6/h7-10,12,17,23H,11H2,1-6H3/t17-/m0/s1. The Balaban J connectivity index is 2.30. The van der Waals surface area contributed by atoms with Crippen LogP contribution in [0.3, 0.4) is 0 Å². The molecule has 0 spiro atoms. The Morgan fingerprint density at radius 2 is 1.90 bits per heavy atom. The van der Waals surface area contributed by atoms with Gasteiger partial charge in [-0.2, -0.15) is 0 Å². The second-order valence-corrected chi connectivity index (χ2v) is 7.83. The summed E-state index contributed by atoms with van der Waals surface area (Å²) in [5.74, 6) is -0.0668. The van der Waals surface area contributed by atoms with Crippen LogP contribution in [0.4, 0.5) is 5.82 Å². The summed E-state index contributed by atoms with van der Waals surface area (Å²) >= 11 is 0. The van der Waals surface area contributed by atoms with E-state index < -0.39 is 23.1 Å². The van der Waals surface area contributed by atoms with Gasteiger partial charge in [0.05, 0.1) is 30.8 Å². The zero-order valence-corrected chi connectivity index (χ0v) is 18.1. The second kappa shape index (κ2) is 8.22. The van der Waals surface area contributed by atoms with Crippen LogP contribution in [0.25, 0.3) is 0 Å². The van der Waals surface area contributed by atoms with Gasteiger partial charge < -0.3 is 14.8 Å². The third-order valence-corrected chi connectivity index (χ3v) is 5.18. The molecule has 0 saturated carbocycles. The molecule has 0 unspecified atom stereocenters. The molecule has 1 atom stereocenters. The lowest BCUT2D eigenvalue weighted by Crippen LogP contribution is -2.43. The number of anilines is 1. The molecule has 0 amide bonds. The lowest BCUT2D eigenvalue weighted by molar-refractivity contribution is -0.140. The zero-order chi connectivity index (χ0) is 22.2. The summed E-state index contributed by atoms with van der Waals surface area (Å²) in [6, 6.07) is 7.20. The van der Waals surface area contributed by atoms with Crippen LogP contribution in [0.15, 0.2) is 45.1 Å². The van der Waals surface area contributed by atoms with Crippen molar-refractivity contribution in [2.75, 3.05) is 19.0 Å². The van der Waals surface area contributed by atoms with Crippen LogP contribution in [0.1, 0.15) is 37.8 Å². The first-order chi connectivity index (χ1) is 14.2. The van der Waals surface area contributed by atoms with Crippen molar-refractivity contribution >= 4 is 11.8 Å². The molecular formula is C22H27N3O5. The van der Waals surface area contributed by atoms with E-state index >= 15 is 0 Å². The van der Waals surface area contributed by atoms with Crippen molar-refractivity contribution in [3.05, 3.63) is 67.5 Å². The van der Waals surface area contributed by atoms with E-state index in [-0.39, 0.29) is 12.5 Å². The van der Waals surface area contributed by atoms with Gasteiger partial charge in [0.25, 0.3) is 5.56 Å². The first-order valence-corrected chi connectivity index (χ1v) is 9.76. The summed E-state index contributed by atoms with van der Waals surface area (Å²) in [6.45, 7) is 5.91.